The predicted octanol–water partition coefficient (Wildman–Crippen LogP) is 1.61. The molecule has 0 N–H and O–H groups in total. The zero-order valence-electron chi connectivity index (χ0n) is 14.8. The van der Waals surface area contributed by atoms with Gasteiger partial charge in [0.25, 0.3) is 0 Å². The lowest BCUT2D eigenvalue weighted by Gasteiger charge is -2.32. The first kappa shape index (κ1) is 17.3. The third-order valence-electron chi connectivity index (χ3n) is 4.63. The third kappa shape index (κ3) is 5.59. The van der Waals surface area contributed by atoms with E-state index in [9.17, 15) is 0 Å². The zero-order chi connectivity index (χ0) is 15.9. The number of rotatable bonds is 1. The maximum absolute atomic E-state index is 2.53. The van der Waals surface area contributed by atoms with E-state index >= 15 is 0 Å². The highest BCUT2D eigenvalue weighted by molar-refractivity contribution is 5.47. The van der Waals surface area contributed by atoms with Crippen LogP contribution in [0.1, 0.15) is 5.56 Å². The van der Waals surface area contributed by atoms with Crippen molar-refractivity contribution in [2.45, 2.75) is 6.92 Å². The smallest absolute Gasteiger partial charge is 0.0367 e. The summed E-state index contributed by atoms with van der Waals surface area (Å²) in [6.45, 7) is 11.1. The summed E-state index contributed by atoms with van der Waals surface area (Å²) in [5.41, 5.74) is 2.68. The first-order chi connectivity index (χ1) is 10.5. The molecule has 0 atom stereocenters. The SMILES string of the molecule is Cc1ccc(N2CCN(C)CCN(C)CCN(C)CC2)cc1. The van der Waals surface area contributed by atoms with E-state index in [0.717, 1.165) is 52.4 Å². The van der Waals surface area contributed by atoms with E-state index in [1.54, 1.807) is 0 Å². The molecule has 124 valence electrons. The van der Waals surface area contributed by atoms with Crippen molar-refractivity contribution in [3.63, 3.8) is 0 Å². The Balaban J connectivity index is 2.03. The third-order valence-corrected chi connectivity index (χ3v) is 4.63. The number of likely N-dealkylation sites (N-methyl/N-ethyl adjacent to an activating group) is 3. The predicted molar refractivity (Wildman–Crippen MR) is 95.9 cm³/mol. The van der Waals surface area contributed by atoms with Gasteiger partial charge in [-0.05, 0) is 40.2 Å². The fraction of sp³-hybridized carbons (Fsp3) is 0.667. The van der Waals surface area contributed by atoms with Gasteiger partial charge < -0.3 is 19.6 Å². The Bertz CT molecular complexity index is 413. The van der Waals surface area contributed by atoms with Crippen molar-refractivity contribution in [3.05, 3.63) is 29.8 Å². The van der Waals surface area contributed by atoms with Gasteiger partial charge in [0.15, 0.2) is 0 Å². The van der Waals surface area contributed by atoms with Gasteiger partial charge in [-0.15, -0.1) is 0 Å². The molecule has 1 aromatic carbocycles. The van der Waals surface area contributed by atoms with E-state index < -0.39 is 0 Å². The molecule has 0 spiro atoms. The Morgan fingerprint density at radius 2 is 0.955 bits per heavy atom. The number of aryl methyl sites for hydroxylation is 1. The summed E-state index contributed by atoms with van der Waals surface area (Å²) >= 11 is 0. The lowest BCUT2D eigenvalue weighted by Crippen LogP contribution is -2.43. The Labute approximate surface area is 136 Å². The number of anilines is 1. The molecule has 0 radical (unpaired) electrons. The van der Waals surface area contributed by atoms with Crippen LogP contribution in [0.2, 0.25) is 0 Å². The number of nitrogens with zero attached hydrogens (tertiary/aromatic N) is 4. The minimum absolute atomic E-state index is 1.09. The molecule has 0 unspecified atom stereocenters. The van der Waals surface area contributed by atoms with E-state index in [1.165, 1.54) is 11.3 Å². The molecular formula is C18H32N4. The average molecular weight is 304 g/mol. The van der Waals surface area contributed by atoms with Gasteiger partial charge in [-0.3, -0.25) is 0 Å². The Hall–Kier alpha value is -1.10. The van der Waals surface area contributed by atoms with Crippen LogP contribution in [-0.2, 0) is 0 Å². The van der Waals surface area contributed by atoms with E-state index in [1.807, 2.05) is 0 Å². The molecule has 2 rings (SSSR count). The second-order valence-corrected chi connectivity index (χ2v) is 6.73. The van der Waals surface area contributed by atoms with Crippen LogP contribution in [0.4, 0.5) is 5.69 Å². The van der Waals surface area contributed by atoms with Crippen LogP contribution >= 0.6 is 0 Å². The summed E-state index contributed by atoms with van der Waals surface area (Å²) < 4.78 is 0. The molecule has 22 heavy (non-hydrogen) atoms. The van der Waals surface area contributed by atoms with Gasteiger partial charge in [0.05, 0.1) is 0 Å². The standard InChI is InChI=1S/C18H32N4/c1-17-5-7-18(8-6-17)22-15-13-20(3)11-9-19(2)10-12-21(4)14-16-22/h5-8H,9-16H2,1-4H3. The largest absolute Gasteiger partial charge is 0.369 e. The molecule has 4 nitrogen and oxygen atoms in total. The topological polar surface area (TPSA) is 13.0 Å². The fourth-order valence-corrected chi connectivity index (χ4v) is 2.73. The minimum atomic E-state index is 1.09. The molecule has 0 bridgehead atoms. The lowest BCUT2D eigenvalue weighted by molar-refractivity contribution is 0.222. The first-order valence-electron chi connectivity index (χ1n) is 8.42. The van der Waals surface area contributed by atoms with Crippen molar-refractivity contribution < 1.29 is 0 Å². The number of hydrogen-bond donors (Lipinski definition) is 0. The molecule has 0 aromatic heterocycles. The van der Waals surface area contributed by atoms with Crippen LogP contribution in [-0.4, -0.2) is 88.2 Å². The van der Waals surface area contributed by atoms with Gasteiger partial charge >= 0.3 is 0 Å². The van der Waals surface area contributed by atoms with E-state index in [4.69, 9.17) is 0 Å². The molecular weight excluding hydrogens is 272 g/mol. The molecule has 1 aromatic rings. The van der Waals surface area contributed by atoms with Crippen LogP contribution in [0, 0.1) is 6.92 Å². The quantitative estimate of drug-likeness (QED) is 0.781. The second kappa shape index (κ2) is 8.51. The summed E-state index contributed by atoms with van der Waals surface area (Å²) in [6, 6.07) is 8.95. The van der Waals surface area contributed by atoms with Gasteiger partial charge in [-0.25, -0.2) is 0 Å². The maximum Gasteiger partial charge on any atom is 0.0367 e. The molecule has 1 aliphatic heterocycles. The second-order valence-electron chi connectivity index (χ2n) is 6.73. The van der Waals surface area contributed by atoms with Crippen molar-refractivity contribution in [3.8, 4) is 0 Å². The van der Waals surface area contributed by atoms with Crippen LogP contribution in [0.25, 0.3) is 0 Å². The minimum Gasteiger partial charge on any atom is -0.369 e. The Kier molecular flexibility index (Phi) is 6.68. The highest BCUT2D eigenvalue weighted by atomic mass is 15.2. The van der Waals surface area contributed by atoms with E-state index in [2.05, 4.69) is 71.9 Å². The molecule has 1 saturated heterocycles. The van der Waals surface area contributed by atoms with E-state index in [0.29, 0.717) is 0 Å². The van der Waals surface area contributed by atoms with E-state index in [-0.39, 0.29) is 0 Å². The molecule has 1 heterocycles. The molecule has 4 heteroatoms. The van der Waals surface area contributed by atoms with Gasteiger partial charge in [0.1, 0.15) is 0 Å². The van der Waals surface area contributed by atoms with Crippen molar-refractivity contribution in [2.24, 2.45) is 0 Å². The normalized spacial score (nSPS) is 21.4. The lowest BCUT2D eigenvalue weighted by atomic mass is 10.2. The molecule has 0 saturated carbocycles. The highest BCUT2D eigenvalue weighted by Crippen LogP contribution is 2.15. The molecule has 1 fully saturated rings. The summed E-state index contributed by atoms with van der Waals surface area (Å²) in [6.07, 6.45) is 0. The van der Waals surface area contributed by atoms with Crippen LogP contribution in [0.5, 0.6) is 0 Å². The van der Waals surface area contributed by atoms with Crippen LogP contribution in [0.15, 0.2) is 24.3 Å². The van der Waals surface area contributed by atoms with Gasteiger partial charge in [0, 0.05) is 58.0 Å². The van der Waals surface area contributed by atoms with Crippen LogP contribution < -0.4 is 4.90 Å². The van der Waals surface area contributed by atoms with Gasteiger partial charge in [-0.2, -0.15) is 0 Å². The molecule has 1 aliphatic rings. The van der Waals surface area contributed by atoms with Crippen molar-refractivity contribution in [1.29, 1.82) is 0 Å². The zero-order valence-corrected chi connectivity index (χ0v) is 14.8. The van der Waals surface area contributed by atoms with Crippen LogP contribution in [0.3, 0.4) is 0 Å². The molecule has 0 aliphatic carbocycles. The van der Waals surface area contributed by atoms with Gasteiger partial charge in [0.2, 0.25) is 0 Å². The maximum atomic E-state index is 2.53. The van der Waals surface area contributed by atoms with Crippen molar-refractivity contribution in [2.75, 3.05) is 78.4 Å². The fourth-order valence-electron chi connectivity index (χ4n) is 2.73. The average Bonchev–Trinajstić information content (AvgIpc) is 2.51. The molecule has 0 amide bonds. The Morgan fingerprint density at radius 1 is 0.591 bits per heavy atom. The van der Waals surface area contributed by atoms with Gasteiger partial charge in [-0.1, -0.05) is 17.7 Å². The monoisotopic (exact) mass is 304 g/mol. The first-order valence-corrected chi connectivity index (χ1v) is 8.42. The Morgan fingerprint density at radius 3 is 1.36 bits per heavy atom. The summed E-state index contributed by atoms with van der Waals surface area (Å²) in [5.74, 6) is 0. The number of benzene rings is 1. The summed E-state index contributed by atoms with van der Waals surface area (Å²) in [4.78, 5) is 9.86. The summed E-state index contributed by atoms with van der Waals surface area (Å²) in [5, 5.41) is 0. The highest BCUT2D eigenvalue weighted by Gasteiger charge is 2.12. The van der Waals surface area contributed by atoms with Crippen molar-refractivity contribution >= 4 is 5.69 Å². The van der Waals surface area contributed by atoms with Crippen molar-refractivity contribution in [1.82, 2.24) is 14.7 Å². The summed E-state index contributed by atoms with van der Waals surface area (Å²) in [7, 11) is 6.70. The number of hydrogen-bond acceptors (Lipinski definition) is 4.